The monoisotopic (exact) mass is 260 g/mol. The number of hydrogen-bond acceptors (Lipinski definition) is 3. The summed E-state index contributed by atoms with van der Waals surface area (Å²) in [6, 6.07) is 11.5. The van der Waals surface area contributed by atoms with Gasteiger partial charge in [-0.2, -0.15) is 0 Å². The van der Waals surface area contributed by atoms with E-state index in [4.69, 9.17) is 0 Å². The quantitative estimate of drug-likeness (QED) is 0.776. The molecule has 4 heteroatoms. The highest BCUT2D eigenvalue weighted by atomic mass is 32.2. The van der Waals surface area contributed by atoms with Crippen LogP contribution in [-0.2, 0) is 0 Å². The van der Waals surface area contributed by atoms with Crippen molar-refractivity contribution in [3.05, 3.63) is 47.9 Å². The Hall–Kier alpha value is -1.55. The van der Waals surface area contributed by atoms with Gasteiger partial charge in [0.05, 0.1) is 11.4 Å². The van der Waals surface area contributed by atoms with E-state index in [9.17, 15) is 4.39 Å². The molecule has 0 atom stereocenters. The van der Waals surface area contributed by atoms with E-state index in [0.717, 1.165) is 23.8 Å². The van der Waals surface area contributed by atoms with Crippen LogP contribution in [0, 0.1) is 12.7 Å². The molecule has 18 heavy (non-hydrogen) atoms. The summed E-state index contributed by atoms with van der Waals surface area (Å²) >= 11 is 1.85. The lowest BCUT2D eigenvalue weighted by Gasteiger charge is -2.30. The minimum Gasteiger partial charge on any atom is -0.324 e. The molecule has 1 aliphatic heterocycles. The fourth-order valence-electron chi connectivity index (χ4n) is 2.09. The maximum Gasteiger partial charge on any atom is 0.144 e. The lowest BCUT2D eigenvalue weighted by molar-refractivity contribution is 0.609. The highest BCUT2D eigenvalue weighted by Gasteiger charge is 2.19. The summed E-state index contributed by atoms with van der Waals surface area (Å²) in [4.78, 5) is 7.74. The third kappa shape index (κ3) is 1.97. The second-order valence-corrected chi connectivity index (χ2v) is 5.34. The topological polar surface area (TPSA) is 16.1 Å². The van der Waals surface area contributed by atoms with E-state index in [1.165, 1.54) is 11.0 Å². The summed E-state index contributed by atoms with van der Waals surface area (Å²) in [6.07, 6.45) is 0. The average Bonchev–Trinajstić information content (AvgIpc) is 2.41. The number of thioether (sulfide) groups is 1. The van der Waals surface area contributed by atoms with Crippen LogP contribution in [0.15, 0.2) is 41.3 Å². The number of nitrogens with zero attached hydrogens (tertiary/aromatic N) is 2. The lowest BCUT2D eigenvalue weighted by Crippen LogP contribution is -2.25. The van der Waals surface area contributed by atoms with Gasteiger partial charge in [-0.25, -0.2) is 9.37 Å². The van der Waals surface area contributed by atoms with Gasteiger partial charge in [0.1, 0.15) is 11.6 Å². The lowest BCUT2D eigenvalue weighted by atomic mass is 10.2. The normalized spacial score (nSPS) is 14.4. The first-order valence-corrected chi connectivity index (χ1v) is 6.87. The predicted molar refractivity (Wildman–Crippen MR) is 73.1 cm³/mol. The van der Waals surface area contributed by atoms with Crippen LogP contribution in [0.1, 0.15) is 5.69 Å². The van der Waals surface area contributed by atoms with Crippen molar-refractivity contribution in [3.8, 4) is 0 Å². The molecule has 1 aliphatic rings. The first-order valence-electron chi connectivity index (χ1n) is 5.88. The van der Waals surface area contributed by atoms with E-state index < -0.39 is 0 Å². The molecule has 0 radical (unpaired) electrons. The van der Waals surface area contributed by atoms with E-state index in [0.29, 0.717) is 5.69 Å². The molecular weight excluding hydrogens is 247 g/mol. The molecule has 0 saturated heterocycles. The van der Waals surface area contributed by atoms with Crippen LogP contribution in [0.25, 0.3) is 0 Å². The van der Waals surface area contributed by atoms with Gasteiger partial charge in [-0.3, -0.25) is 0 Å². The molecule has 3 rings (SSSR count). The van der Waals surface area contributed by atoms with Crippen molar-refractivity contribution in [1.82, 2.24) is 4.98 Å². The zero-order valence-electron chi connectivity index (χ0n) is 10.1. The summed E-state index contributed by atoms with van der Waals surface area (Å²) in [5.41, 5.74) is 1.61. The Morgan fingerprint density at radius 3 is 2.89 bits per heavy atom. The van der Waals surface area contributed by atoms with Crippen LogP contribution in [0.3, 0.4) is 0 Å². The second-order valence-electron chi connectivity index (χ2n) is 4.20. The van der Waals surface area contributed by atoms with E-state index in [1.54, 1.807) is 13.0 Å². The molecule has 2 nitrogen and oxygen atoms in total. The molecule has 1 aromatic carbocycles. The minimum atomic E-state index is -0.251. The standard InChI is InChI=1S/C14H13FN2S/c1-10-11(15)6-7-14(16-10)17-8-9-18-13-5-3-2-4-12(13)17/h2-7H,8-9H2,1H3. The SMILES string of the molecule is Cc1nc(N2CCSc3ccccc32)ccc1F. The number of anilines is 2. The first kappa shape index (κ1) is 11.5. The van der Waals surface area contributed by atoms with Gasteiger partial charge in [-0.1, -0.05) is 12.1 Å². The van der Waals surface area contributed by atoms with Gasteiger partial charge < -0.3 is 4.90 Å². The molecule has 0 aliphatic carbocycles. The third-order valence-corrected chi connectivity index (χ3v) is 4.05. The van der Waals surface area contributed by atoms with Gasteiger partial charge in [-0.05, 0) is 31.2 Å². The zero-order valence-corrected chi connectivity index (χ0v) is 10.9. The van der Waals surface area contributed by atoms with E-state index >= 15 is 0 Å². The largest absolute Gasteiger partial charge is 0.324 e. The van der Waals surface area contributed by atoms with Gasteiger partial charge in [-0.15, -0.1) is 11.8 Å². The number of halogens is 1. The number of hydrogen-bond donors (Lipinski definition) is 0. The Labute approximate surface area is 110 Å². The molecule has 0 fully saturated rings. The number of aromatic nitrogens is 1. The van der Waals surface area contributed by atoms with Crippen molar-refractivity contribution >= 4 is 23.3 Å². The molecule has 0 amide bonds. The molecule has 0 bridgehead atoms. The molecular formula is C14H13FN2S. The summed E-state index contributed by atoms with van der Waals surface area (Å²) in [7, 11) is 0. The first-order chi connectivity index (χ1) is 8.75. The maximum absolute atomic E-state index is 13.3. The molecule has 2 aromatic rings. The van der Waals surface area contributed by atoms with Crippen molar-refractivity contribution in [2.75, 3.05) is 17.2 Å². The van der Waals surface area contributed by atoms with Crippen LogP contribution in [0.2, 0.25) is 0 Å². The highest BCUT2D eigenvalue weighted by molar-refractivity contribution is 7.99. The Bertz CT molecular complexity index is 586. The number of fused-ring (bicyclic) bond motifs is 1. The van der Waals surface area contributed by atoms with Gasteiger partial charge >= 0.3 is 0 Å². The van der Waals surface area contributed by atoms with Crippen molar-refractivity contribution in [3.63, 3.8) is 0 Å². The van der Waals surface area contributed by atoms with Gasteiger partial charge in [0.25, 0.3) is 0 Å². The number of benzene rings is 1. The highest BCUT2D eigenvalue weighted by Crippen LogP contribution is 2.37. The Balaban J connectivity index is 2.05. The molecule has 0 spiro atoms. The van der Waals surface area contributed by atoms with Gasteiger partial charge in [0.2, 0.25) is 0 Å². The van der Waals surface area contributed by atoms with Crippen LogP contribution in [0.4, 0.5) is 15.9 Å². The minimum absolute atomic E-state index is 0.251. The molecule has 1 aromatic heterocycles. The third-order valence-electron chi connectivity index (χ3n) is 3.01. The molecule has 0 N–H and O–H groups in total. The van der Waals surface area contributed by atoms with E-state index in [-0.39, 0.29) is 5.82 Å². The summed E-state index contributed by atoms with van der Waals surface area (Å²) in [5, 5.41) is 0. The Morgan fingerprint density at radius 1 is 1.22 bits per heavy atom. The van der Waals surface area contributed by atoms with Crippen molar-refractivity contribution in [2.24, 2.45) is 0 Å². The Morgan fingerprint density at radius 2 is 2.06 bits per heavy atom. The van der Waals surface area contributed by atoms with Crippen molar-refractivity contribution < 1.29 is 4.39 Å². The average molecular weight is 260 g/mol. The second kappa shape index (κ2) is 4.61. The molecule has 92 valence electrons. The number of rotatable bonds is 1. The molecule has 2 heterocycles. The number of aryl methyl sites for hydroxylation is 1. The number of para-hydroxylation sites is 1. The fourth-order valence-corrected chi connectivity index (χ4v) is 3.08. The van der Waals surface area contributed by atoms with E-state index in [2.05, 4.69) is 22.0 Å². The smallest absolute Gasteiger partial charge is 0.144 e. The van der Waals surface area contributed by atoms with Crippen LogP contribution in [0.5, 0.6) is 0 Å². The van der Waals surface area contributed by atoms with E-state index in [1.807, 2.05) is 23.9 Å². The van der Waals surface area contributed by atoms with Crippen molar-refractivity contribution in [1.29, 1.82) is 0 Å². The van der Waals surface area contributed by atoms with Crippen LogP contribution < -0.4 is 4.90 Å². The maximum atomic E-state index is 13.3. The Kier molecular flexibility index (Phi) is 2.96. The van der Waals surface area contributed by atoms with Crippen molar-refractivity contribution in [2.45, 2.75) is 11.8 Å². The van der Waals surface area contributed by atoms with Crippen LogP contribution in [-0.4, -0.2) is 17.3 Å². The molecule has 0 saturated carbocycles. The summed E-state index contributed by atoms with van der Waals surface area (Å²) in [6.45, 7) is 2.60. The fraction of sp³-hybridized carbons (Fsp3) is 0.214. The zero-order chi connectivity index (χ0) is 12.5. The number of pyridine rings is 1. The van der Waals surface area contributed by atoms with Crippen LogP contribution >= 0.6 is 11.8 Å². The predicted octanol–water partition coefficient (Wildman–Crippen LogP) is 3.77. The summed E-state index contributed by atoms with van der Waals surface area (Å²) in [5.74, 6) is 1.59. The summed E-state index contributed by atoms with van der Waals surface area (Å²) < 4.78 is 13.3. The molecule has 0 unspecified atom stereocenters. The van der Waals surface area contributed by atoms with Gasteiger partial charge in [0.15, 0.2) is 0 Å². The van der Waals surface area contributed by atoms with Gasteiger partial charge in [0, 0.05) is 17.2 Å².